The molecule has 88 valence electrons. The second-order valence-corrected chi connectivity index (χ2v) is 4.30. The SMILES string of the molecule is CCOC(=O)N1[C@@H]2CC=C(C(C)=O)[C@H]1CC2. The average molecular weight is 223 g/mol. The lowest BCUT2D eigenvalue weighted by Crippen LogP contribution is -2.45. The summed E-state index contributed by atoms with van der Waals surface area (Å²) in [5, 5.41) is 0. The molecular weight excluding hydrogens is 206 g/mol. The van der Waals surface area contributed by atoms with Crippen molar-refractivity contribution in [3.05, 3.63) is 11.6 Å². The number of amides is 1. The van der Waals surface area contributed by atoms with Gasteiger partial charge in [0.1, 0.15) is 0 Å². The van der Waals surface area contributed by atoms with E-state index in [1.54, 1.807) is 18.7 Å². The summed E-state index contributed by atoms with van der Waals surface area (Å²) in [6, 6.07) is 0.183. The van der Waals surface area contributed by atoms with Crippen molar-refractivity contribution in [2.24, 2.45) is 0 Å². The van der Waals surface area contributed by atoms with E-state index in [2.05, 4.69) is 0 Å². The molecule has 0 aromatic heterocycles. The van der Waals surface area contributed by atoms with Gasteiger partial charge in [-0.25, -0.2) is 4.79 Å². The van der Waals surface area contributed by atoms with Crippen LogP contribution in [0.15, 0.2) is 11.6 Å². The summed E-state index contributed by atoms with van der Waals surface area (Å²) >= 11 is 0. The molecule has 4 heteroatoms. The summed E-state index contributed by atoms with van der Waals surface area (Å²) in [7, 11) is 0. The van der Waals surface area contributed by atoms with E-state index in [0.717, 1.165) is 24.8 Å². The van der Waals surface area contributed by atoms with Crippen LogP contribution >= 0.6 is 0 Å². The second kappa shape index (κ2) is 4.28. The highest BCUT2D eigenvalue weighted by atomic mass is 16.6. The van der Waals surface area contributed by atoms with Gasteiger partial charge in [-0.15, -0.1) is 0 Å². The maximum absolute atomic E-state index is 11.8. The second-order valence-electron chi connectivity index (χ2n) is 4.30. The minimum atomic E-state index is -0.276. The fourth-order valence-electron chi connectivity index (χ4n) is 2.67. The summed E-state index contributed by atoms with van der Waals surface area (Å²) in [6.45, 7) is 3.74. The minimum Gasteiger partial charge on any atom is -0.450 e. The molecule has 2 rings (SSSR count). The molecule has 1 saturated heterocycles. The van der Waals surface area contributed by atoms with Gasteiger partial charge in [-0.3, -0.25) is 9.69 Å². The van der Waals surface area contributed by atoms with Gasteiger partial charge in [0, 0.05) is 11.6 Å². The first kappa shape index (κ1) is 11.2. The highest BCUT2D eigenvalue weighted by Gasteiger charge is 2.42. The zero-order chi connectivity index (χ0) is 11.7. The Morgan fingerprint density at radius 3 is 2.88 bits per heavy atom. The first-order valence-electron chi connectivity index (χ1n) is 5.81. The van der Waals surface area contributed by atoms with E-state index < -0.39 is 0 Å². The highest BCUT2D eigenvalue weighted by molar-refractivity contribution is 5.95. The van der Waals surface area contributed by atoms with E-state index in [1.807, 2.05) is 6.08 Å². The largest absolute Gasteiger partial charge is 0.450 e. The van der Waals surface area contributed by atoms with Crippen molar-refractivity contribution in [1.82, 2.24) is 4.90 Å². The van der Waals surface area contributed by atoms with Crippen molar-refractivity contribution < 1.29 is 14.3 Å². The van der Waals surface area contributed by atoms with Crippen LogP contribution in [0, 0.1) is 0 Å². The summed E-state index contributed by atoms with van der Waals surface area (Å²) in [4.78, 5) is 25.0. The maximum Gasteiger partial charge on any atom is 0.410 e. The van der Waals surface area contributed by atoms with Crippen LogP contribution in [0.1, 0.15) is 33.1 Å². The number of fused-ring (bicyclic) bond motifs is 2. The fraction of sp³-hybridized carbons (Fsp3) is 0.667. The number of hydrogen-bond donors (Lipinski definition) is 0. The number of Topliss-reactive ketones (excluding diaryl/α,β-unsaturated/α-hetero) is 1. The quantitative estimate of drug-likeness (QED) is 0.718. The molecule has 2 atom stereocenters. The molecule has 1 amide bonds. The van der Waals surface area contributed by atoms with Crippen LogP contribution in [0.4, 0.5) is 4.79 Å². The van der Waals surface area contributed by atoms with E-state index in [1.165, 1.54) is 0 Å². The third-order valence-corrected chi connectivity index (χ3v) is 3.36. The minimum absolute atomic E-state index is 0.0460. The first-order valence-corrected chi connectivity index (χ1v) is 5.81. The lowest BCUT2D eigenvalue weighted by molar-refractivity contribution is -0.114. The maximum atomic E-state index is 11.8. The van der Waals surface area contributed by atoms with Crippen LogP contribution in [-0.4, -0.2) is 35.5 Å². The Kier molecular flexibility index (Phi) is 2.99. The van der Waals surface area contributed by atoms with Crippen LogP contribution in [0.3, 0.4) is 0 Å². The van der Waals surface area contributed by atoms with Gasteiger partial charge in [0.25, 0.3) is 0 Å². The molecule has 0 aromatic carbocycles. The molecule has 0 unspecified atom stereocenters. The van der Waals surface area contributed by atoms with Crippen molar-refractivity contribution in [1.29, 1.82) is 0 Å². The van der Waals surface area contributed by atoms with Gasteiger partial charge in [0.2, 0.25) is 0 Å². The third-order valence-electron chi connectivity index (χ3n) is 3.36. The predicted molar refractivity (Wildman–Crippen MR) is 59.1 cm³/mol. The van der Waals surface area contributed by atoms with E-state index in [4.69, 9.17) is 4.74 Å². The molecule has 1 fully saturated rings. The highest BCUT2D eigenvalue weighted by Crippen LogP contribution is 2.36. The first-order chi connectivity index (χ1) is 7.65. The van der Waals surface area contributed by atoms with Crippen molar-refractivity contribution in [2.45, 2.75) is 45.2 Å². The monoisotopic (exact) mass is 223 g/mol. The molecule has 2 heterocycles. The van der Waals surface area contributed by atoms with Crippen molar-refractivity contribution in [2.75, 3.05) is 6.61 Å². The number of hydrogen-bond acceptors (Lipinski definition) is 3. The molecule has 4 nitrogen and oxygen atoms in total. The normalized spacial score (nSPS) is 27.6. The Bertz CT molecular complexity index is 348. The molecule has 2 aliphatic rings. The Balaban J connectivity index is 2.20. The molecule has 0 aliphatic carbocycles. The number of carbonyl (C=O) groups is 2. The Labute approximate surface area is 95.2 Å². The number of rotatable bonds is 2. The van der Waals surface area contributed by atoms with E-state index in [0.29, 0.717) is 6.61 Å². The summed E-state index contributed by atoms with van der Waals surface area (Å²) < 4.78 is 5.04. The standard InChI is InChI=1S/C12H17NO3/c1-3-16-12(15)13-9-4-6-10(8(2)14)11(13)7-5-9/h6,9,11H,3-5,7H2,1-2H3/t9-,11-/m1/s1. The van der Waals surface area contributed by atoms with Crippen LogP contribution in [0.25, 0.3) is 0 Å². The fourth-order valence-corrected chi connectivity index (χ4v) is 2.67. The topological polar surface area (TPSA) is 46.6 Å². The Morgan fingerprint density at radius 2 is 2.25 bits per heavy atom. The molecule has 0 saturated carbocycles. The van der Waals surface area contributed by atoms with Gasteiger partial charge in [-0.1, -0.05) is 6.08 Å². The van der Waals surface area contributed by atoms with Crippen molar-refractivity contribution in [3.63, 3.8) is 0 Å². The molecule has 0 aromatic rings. The number of ketones is 1. The smallest absolute Gasteiger partial charge is 0.410 e. The van der Waals surface area contributed by atoms with Crippen LogP contribution in [-0.2, 0) is 9.53 Å². The third kappa shape index (κ3) is 1.72. The molecular formula is C12H17NO3. The number of carbonyl (C=O) groups excluding carboxylic acids is 2. The molecule has 0 radical (unpaired) electrons. The van der Waals surface area contributed by atoms with Gasteiger partial charge in [-0.05, 0) is 33.1 Å². The van der Waals surface area contributed by atoms with Gasteiger partial charge in [0.05, 0.1) is 12.6 Å². The molecule has 0 spiro atoms. The molecule has 0 N–H and O–H groups in total. The van der Waals surface area contributed by atoms with Gasteiger partial charge in [0.15, 0.2) is 5.78 Å². The number of ether oxygens (including phenoxy) is 1. The van der Waals surface area contributed by atoms with E-state index in [9.17, 15) is 9.59 Å². The molecule has 2 aliphatic heterocycles. The lowest BCUT2D eigenvalue weighted by Gasteiger charge is -2.33. The summed E-state index contributed by atoms with van der Waals surface area (Å²) in [5.41, 5.74) is 0.779. The predicted octanol–water partition coefficient (Wildman–Crippen LogP) is 1.90. The van der Waals surface area contributed by atoms with Gasteiger partial charge < -0.3 is 4.74 Å². The van der Waals surface area contributed by atoms with Crippen LogP contribution in [0.2, 0.25) is 0 Å². The Morgan fingerprint density at radius 1 is 1.50 bits per heavy atom. The van der Waals surface area contributed by atoms with E-state index >= 15 is 0 Å². The van der Waals surface area contributed by atoms with Gasteiger partial charge >= 0.3 is 6.09 Å². The Hall–Kier alpha value is -1.32. The van der Waals surface area contributed by atoms with Gasteiger partial charge in [-0.2, -0.15) is 0 Å². The van der Waals surface area contributed by atoms with E-state index in [-0.39, 0.29) is 24.0 Å². The lowest BCUT2D eigenvalue weighted by atomic mass is 9.99. The van der Waals surface area contributed by atoms with Crippen molar-refractivity contribution >= 4 is 11.9 Å². The zero-order valence-electron chi connectivity index (χ0n) is 9.73. The zero-order valence-corrected chi connectivity index (χ0v) is 9.73. The summed E-state index contributed by atoms with van der Waals surface area (Å²) in [5.74, 6) is 0.0691. The molecule has 2 bridgehead atoms. The summed E-state index contributed by atoms with van der Waals surface area (Å²) in [6.07, 6.45) is 4.35. The molecule has 16 heavy (non-hydrogen) atoms. The van der Waals surface area contributed by atoms with Crippen molar-refractivity contribution in [3.8, 4) is 0 Å². The number of nitrogens with zero attached hydrogens (tertiary/aromatic N) is 1. The average Bonchev–Trinajstić information content (AvgIpc) is 2.52. The van der Waals surface area contributed by atoms with Crippen LogP contribution < -0.4 is 0 Å². The van der Waals surface area contributed by atoms with Crippen LogP contribution in [0.5, 0.6) is 0 Å².